The summed E-state index contributed by atoms with van der Waals surface area (Å²) in [5, 5.41) is 18.3. The minimum atomic E-state index is -0.960. The van der Waals surface area contributed by atoms with Crippen molar-refractivity contribution in [3.63, 3.8) is 0 Å². The average Bonchev–Trinajstić information content (AvgIpc) is 2.64. The molecule has 3 aromatic rings. The molecule has 2 heterocycles. The van der Waals surface area contributed by atoms with Gasteiger partial charge in [-0.05, 0) is 31.4 Å². The van der Waals surface area contributed by atoms with Crippen LogP contribution in [-0.2, 0) is 0 Å². The lowest BCUT2D eigenvalue weighted by atomic mass is 9.96. The van der Waals surface area contributed by atoms with Gasteiger partial charge in [0.2, 0.25) is 5.88 Å². The van der Waals surface area contributed by atoms with Gasteiger partial charge in [-0.1, -0.05) is 6.42 Å². The van der Waals surface area contributed by atoms with Gasteiger partial charge in [-0.25, -0.2) is 4.39 Å². The third-order valence-electron chi connectivity index (χ3n) is 4.40. The number of benzene rings is 1. The lowest BCUT2D eigenvalue weighted by Gasteiger charge is -2.25. The fourth-order valence-electron chi connectivity index (χ4n) is 3.07. The van der Waals surface area contributed by atoms with Gasteiger partial charge < -0.3 is 9.84 Å². The summed E-state index contributed by atoms with van der Waals surface area (Å²) in [4.78, 5) is 8.37. The second-order valence-corrected chi connectivity index (χ2v) is 6.13. The Labute approximate surface area is 143 Å². The van der Waals surface area contributed by atoms with Gasteiger partial charge in [-0.2, -0.15) is 0 Å². The highest BCUT2D eigenvalue weighted by molar-refractivity contribution is 5.84. The number of nitrogens with zero attached hydrogens (tertiary/aromatic N) is 4. The molecule has 6 nitrogen and oxygen atoms in total. The van der Waals surface area contributed by atoms with Crippen molar-refractivity contribution in [2.75, 3.05) is 0 Å². The molecule has 25 heavy (non-hydrogen) atoms. The number of rotatable bonds is 3. The van der Waals surface area contributed by atoms with E-state index in [2.05, 4.69) is 20.2 Å². The number of phenols is 1. The molecule has 1 saturated carbocycles. The SMILES string of the molecule is Oc1cc2nccnc2cc1-c1ccc(O[C@@H]2CCCC[C@@H]2F)nn1. The van der Waals surface area contributed by atoms with Crippen LogP contribution < -0.4 is 4.74 Å². The predicted octanol–water partition coefficient (Wildman–Crippen LogP) is 3.45. The van der Waals surface area contributed by atoms with Gasteiger partial charge in [0.15, 0.2) is 0 Å². The van der Waals surface area contributed by atoms with Crippen LogP contribution in [-0.4, -0.2) is 37.5 Å². The Bertz CT molecular complexity index is 888. The van der Waals surface area contributed by atoms with Crippen molar-refractivity contribution in [1.82, 2.24) is 20.2 Å². The van der Waals surface area contributed by atoms with Crippen molar-refractivity contribution in [2.45, 2.75) is 38.0 Å². The van der Waals surface area contributed by atoms with Crippen LogP contribution >= 0.6 is 0 Å². The molecule has 0 amide bonds. The lowest BCUT2D eigenvalue weighted by molar-refractivity contribution is 0.0594. The van der Waals surface area contributed by atoms with E-state index in [-0.39, 0.29) is 5.75 Å². The zero-order chi connectivity index (χ0) is 17.2. The highest BCUT2D eigenvalue weighted by Gasteiger charge is 2.26. The number of ether oxygens (including phenoxy) is 1. The molecule has 1 aliphatic rings. The van der Waals surface area contributed by atoms with Gasteiger partial charge in [-0.3, -0.25) is 9.97 Å². The predicted molar refractivity (Wildman–Crippen MR) is 90.0 cm³/mol. The van der Waals surface area contributed by atoms with Crippen LogP contribution in [0.4, 0.5) is 4.39 Å². The van der Waals surface area contributed by atoms with E-state index >= 15 is 0 Å². The van der Waals surface area contributed by atoms with E-state index in [9.17, 15) is 9.50 Å². The first-order chi connectivity index (χ1) is 12.2. The largest absolute Gasteiger partial charge is 0.507 e. The summed E-state index contributed by atoms with van der Waals surface area (Å²) < 4.78 is 19.5. The molecule has 0 saturated heterocycles. The van der Waals surface area contributed by atoms with Crippen LogP contribution in [0.1, 0.15) is 25.7 Å². The zero-order valence-electron chi connectivity index (χ0n) is 13.5. The molecule has 7 heteroatoms. The van der Waals surface area contributed by atoms with Gasteiger partial charge in [0.05, 0.1) is 16.7 Å². The highest BCUT2D eigenvalue weighted by Crippen LogP contribution is 2.31. The maximum Gasteiger partial charge on any atom is 0.233 e. The van der Waals surface area contributed by atoms with E-state index in [1.54, 1.807) is 36.7 Å². The van der Waals surface area contributed by atoms with Crippen molar-refractivity contribution >= 4 is 11.0 Å². The molecule has 0 spiro atoms. The quantitative estimate of drug-likeness (QED) is 0.786. The molecule has 4 rings (SSSR count). The van der Waals surface area contributed by atoms with Crippen LogP contribution in [0.15, 0.2) is 36.7 Å². The van der Waals surface area contributed by atoms with E-state index in [4.69, 9.17) is 4.74 Å². The third-order valence-corrected chi connectivity index (χ3v) is 4.40. The molecule has 0 bridgehead atoms. The van der Waals surface area contributed by atoms with Gasteiger partial charge in [0, 0.05) is 30.1 Å². The Balaban J connectivity index is 1.58. The summed E-state index contributed by atoms with van der Waals surface area (Å²) >= 11 is 0. The first kappa shape index (κ1) is 15.7. The van der Waals surface area contributed by atoms with Crippen LogP contribution in [0.2, 0.25) is 0 Å². The summed E-state index contributed by atoms with van der Waals surface area (Å²) in [7, 11) is 0. The minimum Gasteiger partial charge on any atom is -0.507 e. The molecular weight excluding hydrogens is 323 g/mol. The molecule has 1 fully saturated rings. The monoisotopic (exact) mass is 340 g/mol. The molecule has 128 valence electrons. The highest BCUT2D eigenvalue weighted by atomic mass is 19.1. The first-order valence-electron chi connectivity index (χ1n) is 8.29. The van der Waals surface area contributed by atoms with E-state index in [0.29, 0.717) is 41.0 Å². The second kappa shape index (κ2) is 6.58. The molecule has 1 aliphatic carbocycles. The maximum atomic E-state index is 13.9. The summed E-state index contributed by atoms with van der Waals surface area (Å²) in [5.41, 5.74) is 2.24. The molecular formula is C18H17FN4O2. The second-order valence-electron chi connectivity index (χ2n) is 6.13. The van der Waals surface area contributed by atoms with Crippen molar-refractivity contribution in [3.8, 4) is 22.9 Å². The Kier molecular flexibility index (Phi) is 4.13. The van der Waals surface area contributed by atoms with E-state index in [1.165, 1.54) is 0 Å². The fourth-order valence-corrected chi connectivity index (χ4v) is 3.07. The number of alkyl halides is 1. The van der Waals surface area contributed by atoms with Crippen LogP contribution in [0.3, 0.4) is 0 Å². The zero-order valence-corrected chi connectivity index (χ0v) is 13.5. The standard InChI is InChI=1S/C18H17FN4O2/c19-12-3-1-2-4-17(12)25-18-6-5-13(22-23-18)11-9-14-15(10-16(11)24)21-8-7-20-14/h5-10,12,17,24H,1-4H2/t12-,17+/m0/s1. The number of aromatic hydroxyl groups is 1. The Hall–Kier alpha value is -2.83. The van der Waals surface area contributed by atoms with Crippen molar-refractivity contribution in [1.29, 1.82) is 0 Å². The topological polar surface area (TPSA) is 81.0 Å². The van der Waals surface area contributed by atoms with Crippen molar-refractivity contribution in [3.05, 3.63) is 36.7 Å². The summed E-state index contributed by atoms with van der Waals surface area (Å²) in [6, 6.07) is 6.58. The van der Waals surface area contributed by atoms with Crippen LogP contribution in [0, 0.1) is 0 Å². The smallest absolute Gasteiger partial charge is 0.233 e. The number of fused-ring (bicyclic) bond motifs is 1. The third kappa shape index (κ3) is 3.22. The van der Waals surface area contributed by atoms with E-state index < -0.39 is 12.3 Å². The Morgan fingerprint density at radius 1 is 1.00 bits per heavy atom. The molecule has 0 unspecified atom stereocenters. The normalized spacial score (nSPS) is 20.5. The average molecular weight is 340 g/mol. The molecule has 1 N–H and O–H groups in total. The summed E-state index contributed by atoms with van der Waals surface area (Å²) in [6.45, 7) is 0. The molecule has 2 atom stereocenters. The Morgan fingerprint density at radius 2 is 1.76 bits per heavy atom. The number of hydrogen-bond donors (Lipinski definition) is 1. The number of halogens is 1. The van der Waals surface area contributed by atoms with Crippen molar-refractivity contribution < 1.29 is 14.2 Å². The molecule has 1 aromatic carbocycles. The molecule has 0 radical (unpaired) electrons. The van der Waals surface area contributed by atoms with Gasteiger partial charge in [-0.15, -0.1) is 10.2 Å². The molecule has 2 aromatic heterocycles. The van der Waals surface area contributed by atoms with Crippen LogP contribution in [0.5, 0.6) is 11.6 Å². The summed E-state index contributed by atoms with van der Waals surface area (Å²) in [5.74, 6) is 0.338. The van der Waals surface area contributed by atoms with Gasteiger partial charge in [0.1, 0.15) is 18.0 Å². The number of hydrogen-bond acceptors (Lipinski definition) is 6. The maximum absolute atomic E-state index is 13.9. The Morgan fingerprint density at radius 3 is 2.48 bits per heavy atom. The first-order valence-corrected chi connectivity index (χ1v) is 8.29. The lowest BCUT2D eigenvalue weighted by Crippen LogP contribution is -2.32. The number of aromatic nitrogens is 4. The number of phenolic OH excluding ortho intramolecular Hbond substituents is 1. The van der Waals surface area contributed by atoms with Crippen molar-refractivity contribution in [2.24, 2.45) is 0 Å². The molecule has 0 aliphatic heterocycles. The van der Waals surface area contributed by atoms with Crippen LogP contribution in [0.25, 0.3) is 22.3 Å². The fraction of sp³-hybridized carbons (Fsp3) is 0.333. The van der Waals surface area contributed by atoms with E-state index in [0.717, 1.165) is 12.8 Å². The minimum absolute atomic E-state index is 0.0482. The van der Waals surface area contributed by atoms with E-state index in [1.807, 2.05) is 0 Å². The summed E-state index contributed by atoms with van der Waals surface area (Å²) in [6.07, 6.45) is 4.81. The van der Waals surface area contributed by atoms with Gasteiger partial charge in [0.25, 0.3) is 0 Å². The van der Waals surface area contributed by atoms with Gasteiger partial charge >= 0.3 is 0 Å².